The Balaban J connectivity index is 1.52. The topological polar surface area (TPSA) is 50.7 Å². The monoisotopic (exact) mass is 358 g/mol. The number of aryl methyl sites for hydroxylation is 2. The fourth-order valence-electron chi connectivity index (χ4n) is 2.44. The third-order valence-electron chi connectivity index (χ3n) is 4.10. The van der Waals surface area contributed by atoms with Gasteiger partial charge in [0.05, 0.1) is 6.21 Å². The van der Waals surface area contributed by atoms with E-state index in [1.54, 1.807) is 30.5 Å². The molecule has 1 N–H and O–H groups in total. The number of hydrogen-bond acceptors (Lipinski definition) is 3. The van der Waals surface area contributed by atoms with Crippen LogP contribution in [0.4, 0.5) is 0 Å². The van der Waals surface area contributed by atoms with Gasteiger partial charge < -0.3 is 4.74 Å². The van der Waals surface area contributed by atoms with E-state index in [0.717, 1.165) is 16.9 Å². The summed E-state index contributed by atoms with van der Waals surface area (Å²) >= 11 is 0. The number of carbonyl (C=O) groups is 1. The summed E-state index contributed by atoms with van der Waals surface area (Å²) in [5.74, 6) is 0.457. The van der Waals surface area contributed by atoms with Crippen molar-refractivity contribution < 1.29 is 9.53 Å². The predicted octanol–water partition coefficient (Wildman–Crippen LogP) is 4.65. The molecule has 4 nitrogen and oxygen atoms in total. The van der Waals surface area contributed by atoms with Gasteiger partial charge in [0.15, 0.2) is 0 Å². The van der Waals surface area contributed by atoms with Crippen LogP contribution in [0.3, 0.4) is 0 Å². The molecule has 0 saturated heterocycles. The second-order valence-electron chi connectivity index (χ2n) is 6.41. The quantitative estimate of drug-likeness (QED) is 0.515. The molecule has 136 valence electrons. The normalized spacial score (nSPS) is 10.7. The Kier molecular flexibility index (Phi) is 6.00. The molecule has 27 heavy (non-hydrogen) atoms. The first-order chi connectivity index (χ1) is 13.1. The summed E-state index contributed by atoms with van der Waals surface area (Å²) in [4.78, 5) is 12.1. The van der Waals surface area contributed by atoms with Crippen LogP contribution in [-0.4, -0.2) is 12.1 Å². The first kappa shape index (κ1) is 18.4. The molecule has 0 fully saturated rings. The number of hydrogen-bond donors (Lipinski definition) is 1. The Labute approximate surface area is 159 Å². The molecule has 0 aromatic heterocycles. The molecule has 0 aliphatic heterocycles. The summed E-state index contributed by atoms with van der Waals surface area (Å²) < 4.78 is 5.75. The van der Waals surface area contributed by atoms with E-state index in [2.05, 4.69) is 29.6 Å². The molecular formula is C23H22N2O2. The van der Waals surface area contributed by atoms with Gasteiger partial charge in [0.25, 0.3) is 5.91 Å². The fraction of sp³-hybridized carbons (Fsp3) is 0.130. The maximum Gasteiger partial charge on any atom is 0.271 e. The number of nitrogens with one attached hydrogen (secondary N) is 1. The fourth-order valence-corrected chi connectivity index (χ4v) is 2.44. The van der Waals surface area contributed by atoms with Gasteiger partial charge in [-0.1, -0.05) is 59.7 Å². The van der Waals surface area contributed by atoms with Crippen molar-refractivity contribution in [1.29, 1.82) is 0 Å². The average molecular weight is 358 g/mol. The standard InChI is InChI=1S/C23H22N2O2/c1-17-3-7-19(8-4-17)15-24-25-23(26)21-11-13-22(14-12-21)27-16-20-9-5-18(2)6-10-20/h3-15H,16H2,1-2H3,(H,25,26)/b24-15-. The van der Waals surface area contributed by atoms with Gasteiger partial charge in [0, 0.05) is 5.56 Å². The lowest BCUT2D eigenvalue weighted by Gasteiger charge is -2.07. The van der Waals surface area contributed by atoms with Crippen molar-refractivity contribution in [3.63, 3.8) is 0 Å². The maximum atomic E-state index is 12.1. The summed E-state index contributed by atoms with van der Waals surface area (Å²) in [5, 5.41) is 4.00. The van der Waals surface area contributed by atoms with Gasteiger partial charge in [-0.05, 0) is 49.2 Å². The van der Waals surface area contributed by atoms with Crippen molar-refractivity contribution in [2.45, 2.75) is 20.5 Å². The van der Waals surface area contributed by atoms with E-state index < -0.39 is 0 Å². The zero-order chi connectivity index (χ0) is 19.1. The van der Waals surface area contributed by atoms with E-state index in [-0.39, 0.29) is 5.91 Å². The van der Waals surface area contributed by atoms with Gasteiger partial charge in [-0.25, -0.2) is 5.43 Å². The lowest BCUT2D eigenvalue weighted by molar-refractivity contribution is 0.0955. The zero-order valence-electron chi connectivity index (χ0n) is 15.5. The molecule has 3 aromatic carbocycles. The van der Waals surface area contributed by atoms with Crippen LogP contribution >= 0.6 is 0 Å². The largest absolute Gasteiger partial charge is 0.489 e. The Morgan fingerprint density at radius 1 is 0.889 bits per heavy atom. The van der Waals surface area contributed by atoms with Crippen molar-refractivity contribution in [2.75, 3.05) is 0 Å². The molecule has 0 radical (unpaired) electrons. The van der Waals surface area contributed by atoms with Crippen LogP contribution in [0, 0.1) is 13.8 Å². The molecule has 0 aliphatic rings. The average Bonchev–Trinajstić information content (AvgIpc) is 2.69. The van der Waals surface area contributed by atoms with Crippen LogP contribution in [0.2, 0.25) is 0 Å². The molecule has 1 amide bonds. The van der Waals surface area contributed by atoms with E-state index in [0.29, 0.717) is 12.2 Å². The number of hydrazone groups is 1. The zero-order valence-corrected chi connectivity index (χ0v) is 15.5. The van der Waals surface area contributed by atoms with Crippen LogP contribution in [0.1, 0.15) is 32.6 Å². The minimum absolute atomic E-state index is 0.261. The summed E-state index contributed by atoms with van der Waals surface area (Å²) in [5.41, 5.74) is 7.50. The highest BCUT2D eigenvalue weighted by Crippen LogP contribution is 2.14. The summed E-state index contributed by atoms with van der Waals surface area (Å²) in [6.45, 7) is 4.57. The Bertz CT molecular complexity index is 912. The highest BCUT2D eigenvalue weighted by atomic mass is 16.5. The minimum Gasteiger partial charge on any atom is -0.489 e. The molecule has 0 heterocycles. The number of carbonyl (C=O) groups excluding carboxylic acids is 1. The Morgan fingerprint density at radius 3 is 2.11 bits per heavy atom. The van der Waals surface area contributed by atoms with Gasteiger partial charge in [0.2, 0.25) is 0 Å². The number of nitrogens with zero attached hydrogens (tertiary/aromatic N) is 1. The van der Waals surface area contributed by atoms with E-state index in [1.165, 1.54) is 11.1 Å². The molecule has 0 aliphatic carbocycles. The highest BCUT2D eigenvalue weighted by Gasteiger charge is 2.04. The van der Waals surface area contributed by atoms with Gasteiger partial charge in [0.1, 0.15) is 12.4 Å². The maximum absolute atomic E-state index is 12.1. The van der Waals surface area contributed by atoms with Crippen molar-refractivity contribution >= 4 is 12.1 Å². The third-order valence-corrected chi connectivity index (χ3v) is 4.10. The molecule has 3 aromatic rings. The Hall–Kier alpha value is -3.40. The van der Waals surface area contributed by atoms with Crippen LogP contribution < -0.4 is 10.2 Å². The van der Waals surface area contributed by atoms with Gasteiger partial charge in [-0.3, -0.25) is 4.79 Å². The van der Waals surface area contributed by atoms with E-state index in [9.17, 15) is 4.79 Å². The lowest BCUT2D eigenvalue weighted by atomic mass is 10.2. The number of ether oxygens (including phenoxy) is 1. The SMILES string of the molecule is Cc1ccc(/C=N\NC(=O)c2ccc(OCc3ccc(C)cc3)cc2)cc1. The number of rotatable bonds is 6. The molecular weight excluding hydrogens is 336 g/mol. The van der Waals surface area contributed by atoms with Gasteiger partial charge in [-0.15, -0.1) is 0 Å². The summed E-state index contributed by atoms with van der Waals surface area (Å²) in [6.07, 6.45) is 1.62. The number of amides is 1. The van der Waals surface area contributed by atoms with E-state index in [1.807, 2.05) is 43.3 Å². The van der Waals surface area contributed by atoms with Crippen LogP contribution in [0.15, 0.2) is 77.9 Å². The molecule has 0 spiro atoms. The molecule has 0 bridgehead atoms. The molecule has 4 heteroatoms. The van der Waals surface area contributed by atoms with Crippen molar-refractivity contribution in [1.82, 2.24) is 5.43 Å². The van der Waals surface area contributed by atoms with Gasteiger partial charge >= 0.3 is 0 Å². The third kappa shape index (κ3) is 5.54. The molecule has 0 atom stereocenters. The van der Waals surface area contributed by atoms with Crippen molar-refractivity contribution in [3.8, 4) is 5.75 Å². The minimum atomic E-state index is -0.261. The second kappa shape index (κ2) is 8.81. The van der Waals surface area contributed by atoms with E-state index in [4.69, 9.17) is 4.74 Å². The summed E-state index contributed by atoms with van der Waals surface area (Å²) in [7, 11) is 0. The van der Waals surface area contributed by atoms with E-state index >= 15 is 0 Å². The highest BCUT2D eigenvalue weighted by molar-refractivity contribution is 5.95. The van der Waals surface area contributed by atoms with Crippen molar-refractivity contribution in [2.24, 2.45) is 5.10 Å². The van der Waals surface area contributed by atoms with Crippen molar-refractivity contribution in [3.05, 3.63) is 101 Å². The number of benzene rings is 3. The predicted molar refractivity (Wildman–Crippen MR) is 108 cm³/mol. The lowest BCUT2D eigenvalue weighted by Crippen LogP contribution is -2.17. The smallest absolute Gasteiger partial charge is 0.271 e. The summed E-state index contributed by atoms with van der Waals surface area (Å²) in [6, 6.07) is 23.1. The first-order valence-corrected chi connectivity index (χ1v) is 8.79. The molecule has 0 unspecified atom stereocenters. The van der Waals surface area contributed by atoms with Crippen LogP contribution in [0.5, 0.6) is 5.75 Å². The molecule has 3 rings (SSSR count). The second-order valence-corrected chi connectivity index (χ2v) is 6.41. The molecule has 0 saturated carbocycles. The van der Waals surface area contributed by atoms with Gasteiger partial charge in [-0.2, -0.15) is 5.10 Å². The van der Waals surface area contributed by atoms with Crippen LogP contribution in [0.25, 0.3) is 0 Å². The first-order valence-electron chi connectivity index (χ1n) is 8.79. The Morgan fingerprint density at radius 2 is 1.48 bits per heavy atom. The van der Waals surface area contributed by atoms with Crippen LogP contribution in [-0.2, 0) is 6.61 Å².